The molecular formula is C16H18O3. The second kappa shape index (κ2) is 6.36. The van der Waals surface area contributed by atoms with Crippen molar-refractivity contribution in [3.63, 3.8) is 0 Å². The van der Waals surface area contributed by atoms with Crippen molar-refractivity contribution >= 4 is 0 Å². The second-order valence-electron chi connectivity index (χ2n) is 4.33. The van der Waals surface area contributed by atoms with Gasteiger partial charge >= 0.3 is 0 Å². The highest BCUT2D eigenvalue weighted by Crippen LogP contribution is 2.35. The van der Waals surface area contributed by atoms with E-state index in [0.717, 1.165) is 22.3 Å². The molecule has 2 rings (SSSR count). The highest BCUT2D eigenvalue weighted by molar-refractivity contribution is 5.76. The molecule has 100 valence electrons. The van der Waals surface area contributed by atoms with E-state index < -0.39 is 0 Å². The highest BCUT2D eigenvalue weighted by atomic mass is 16.5. The number of ether oxygens (including phenoxy) is 2. The quantitative estimate of drug-likeness (QED) is 0.893. The molecular weight excluding hydrogens is 240 g/mol. The Morgan fingerprint density at radius 2 is 1.47 bits per heavy atom. The van der Waals surface area contributed by atoms with Crippen LogP contribution >= 0.6 is 0 Å². The van der Waals surface area contributed by atoms with Crippen LogP contribution in [0.15, 0.2) is 42.5 Å². The summed E-state index contributed by atoms with van der Waals surface area (Å²) in [6.07, 6.45) is 0. The first kappa shape index (κ1) is 13.6. The fourth-order valence-electron chi connectivity index (χ4n) is 2.22. The molecule has 0 aliphatic heterocycles. The van der Waals surface area contributed by atoms with Crippen molar-refractivity contribution in [2.45, 2.75) is 13.2 Å². The molecule has 0 saturated carbocycles. The van der Waals surface area contributed by atoms with Gasteiger partial charge in [0.15, 0.2) is 0 Å². The van der Waals surface area contributed by atoms with Gasteiger partial charge in [-0.15, -0.1) is 0 Å². The zero-order valence-corrected chi connectivity index (χ0v) is 11.2. The molecule has 0 aliphatic rings. The van der Waals surface area contributed by atoms with Crippen LogP contribution < -0.4 is 0 Å². The Balaban J connectivity index is 2.57. The summed E-state index contributed by atoms with van der Waals surface area (Å²) in [4.78, 5) is 0. The summed E-state index contributed by atoms with van der Waals surface area (Å²) < 4.78 is 10.4. The molecule has 0 bridgehead atoms. The molecule has 2 aromatic carbocycles. The van der Waals surface area contributed by atoms with Crippen LogP contribution in [0.4, 0.5) is 0 Å². The van der Waals surface area contributed by atoms with E-state index in [0.29, 0.717) is 13.2 Å². The van der Waals surface area contributed by atoms with Gasteiger partial charge < -0.3 is 14.6 Å². The van der Waals surface area contributed by atoms with Crippen LogP contribution in [0.3, 0.4) is 0 Å². The molecule has 0 radical (unpaired) electrons. The van der Waals surface area contributed by atoms with E-state index in [1.807, 2.05) is 36.4 Å². The summed E-state index contributed by atoms with van der Waals surface area (Å²) in [5.41, 5.74) is 3.81. The Morgan fingerprint density at radius 1 is 0.842 bits per heavy atom. The number of hydrogen-bond donors (Lipinski definition) is 1. The predicted octanol–water partition coefficient (Wildman–Crippen LogP) is 3.35. The molecule has 1 N–H and O–H groups in total. The molecule has 0 aliphatic carbocycles. The lowest BCUT2D eigenvalue weighted by molar-refractivity contribution is 0.184. The number of phenolic OH excluding ortho intramolecular Hbond substituents is 1. The Labute approximate surface area is 113 Å². The third-order valence-corrected chi connectivity index (χ3v) is 3.02. The average molecular weight is 258 g/mol. The predicted molar refractivity (Wildman–Crippen MR) is 75.0 cm³/mol. The van der Waals surface area contributed by atoms with Crippen LogP contribution in [0.1, 0.15) is 11.1 Å². The average Bonchev–Trinajstić information content (AvgIpc) is 2.41. The molecule has 0 fully saturated rings. The second-order valence-corrected chi connectivity index (χ2v) is 4.33. The van der Waals surface area contributed by atoms with Gasteiger partial charge in [0.1, 0.15) is 5.75 Å². The summed E-state index contributed by atoms with van der Waals surface area (Å²) in [5, 5.41) is 10.2. The van der Waals surface area contributed by atoms with Gasteiger partial charge in [-0.25, -0.2) is 0 Å². The molecule has 2 aromatic rings. The van der Waals surface area contributed by atoms with Crippen molar-refractivity contribution in [3.05, 3.63) is 53.6 Å². The van der Waals surface area contributed by atoms with Gasteiger partial charge in [0, 0.05) is 19.8 Å². The fourth-order valence-corrected chi connectivity index (χ4v) is 2.22. The van der Waals surface area contributed by atoms with E-state index in [2.05, 4.69) is 0 Å². The van der Waals surface area contributed by atoms with Gasteiger partial charge in [-0.1, -0.05) is 36.4 Å². The topological polar surface area (TPSA) is 38.7 Å². The maximum atomic E-state index is 10.2. The Kier molecular flexibility index (Phi) is 4.55. The van der Waals surface area contributed by atoms with Gasteiger partial charge in [-0.2, -0.15) is 0 Å². The molecule has 0 unspecified atom stereocenters. The van der Waals surface area contributed by atoms with Gasteiger partial charge in [0.2, 0.25) is 0 Å². The van der Waals surface area contributed by atoms with Crippen molar-refractivity contribution in [1.82, 2.24) is 0 Å². The lowest BCUT2D eigenvalue weighted by Gasteiger charge is -2.14. The lowest BCUT2D eigenvalue weighted by Crippen LogP contribution is -1.97. The molecule has 19 heavy (non-hydrogen) atoms. The van der Waals surface area contributed by atoms with Crippen molar-refractivity contribution < 1.29 is 14.6 Å². The monoisotopic (exact) mass is 258 g/mol. The summed E-state index contributed by atoms with van der Waals surface area (Å²) in [6.45, 7) is 0.974. The van der Waals surface area contributed by atoms with Gasteiger partial charge in [0.05, 0.1) is 13.2 Å². The Hall–Kier alpha value is -1.84. The summed E-state index contributed by atoms with van der Waals surface area (Å²) in [6, 6.07) is 13.4. The van der Waals surface area contributed by atoms with E-state index in [1.165, 1.54) is 0 Å². The number of benzene rings is 2. The van der Waals surface area contributed by atoms with Crippen LogP contribution in [0.2, 0.25) is 0 Å². The molecule has 0 spiro atoms. The van der Waals surface area contributed by atoms with Crippen molar-refractivity contribution in [2.75, 3.05) is 14.2 Å². The number of rotatable bonds is 5. The van der Waals surface area contributed by atoms with Crippen LogP contribution in [0, 0.1) is 0 Å². The first-order valence-electron chi connectivity index (χ1n) is 6.15. The van der Waals surface area contributed by atoms with Crippen LogP contribution in [-0.2, 0) is 22.7 Å². The Bertz CT molecular complexity index is 549. The summed E-state index contributed by atoms with van der Waals surface area (Å²) in [7, 11) is 3.31. The van der Waals surface area contributed by atoms with Gasteiger partial charge in [0.25, 0.3) is 0 Å². The molecule has 0 atom stereocenters. The number of hydrogen-bond acceptors (Lipinski definition) is 3. The van der Waals surface area contributed by atoms with Crippen LogP contribution in [-0.4, -0.2) is 19.3 Å². The summed E-state index contributed by atoms with van der Waals surface area (Å²) >= 11 is 0. The maximum absolute atomic E-state index is 10.2. The van der Waals surface area contributed by atoms with Crippen LogP contribution in [0.25, 0.3) is 11.1 Å². The zero-order chi connectivity index (χ0) is 13.7. The molecule has 0 heterocycles. The number of methoxy groups -OCH3 is 2. The van der Waals surface area contributed by atoms with Crippen molar-refractivity contribution in [2.24, 2.45) is 0 Å². The van der Waals surface area contributed by atoms with Crippen molar-refractivity contribution in [3.8, 4) is 16.9 Å². The standard InChI is InChI=1S/C16H18O3/c1-18-10-12-6-3-4-8-14(12)16-13(11-19-2)7-5-9-15(16)17/h3-9,17H,10-11H2,1-2H3. The fraction of sp³-hybridized carbons (Fsp3) is 0.250. The van der Waals surface area contributed by atoms with Gasteiger partial charge in [-0.3, -0.25) is 0 Å². The molecule has 0 amide bonds. The van der Waals surface area contributed by atoms with Gasteiger partial charge in [-0.05, 0) is 22.8 Å². The third-order valence-electron chi connectivity index (χ3n) is 3.02. The van der Waals surface area contributed by atoms with E-state index >= 15 is 0 Å². The van der Waals surface area contributed by atoms with Crippen molar-refractivity contribution in [1.29, 1.82) is 0 Å². The smallest absolute Gasteiger partial charge is 0.123 e. The molecule has 0 saturated heterocycles. The molecule has 3 heteroatoms. The third kappa shape index (κ3) is 2.95. The van der Waals surface area contributed by atoms with Crippen LogP contribution in [0.5, 0.6) is 5.75 Å². The first-order valence-corrected chi connectivity index (χ1v) is 6.15. The lowest BCUT2D eigenvalue weighted by atomic mass is 9.95. The Morgan fingerprint density at radius 3 is 2.21 bits per heavy atom. The highest BCUT2D eigenvalue weighted by Gasteiger charge is 2.13. The minimum absolute atomic E-state index is 0.262. The minimum atomic E-state index is 0.262. The molecule has 3 nitrogen and oxygen atoms in total. The van der Waals surface area contributed by atoms with E-state index in [4.69, 9.17) is 9.47 Å². The number of phenols is 1. The van der Waals surface area contributed by atoms with E-state index in [9.17, 15) is 5.11 Å². The zero-order valence-electron chi connectivity index (χ0n) is 11.2. The SMILES string of the molecule is COCc1ccccc1-c1c(O)cccc1COC. The van der Waals surface area contributed by atoms with E-state index in [1.54, 1.807) is 20.3 Å². The summed E-state index contributed by atoms with van der Waals surface area (Å²) in [5.74, 6) is 0.262. The minimum Gasteiger partial charge on any atom is -0.507 e. The maximum Gasteiger partial charge on any atom is 0.123 e. The first-order chi connectivity index (χ1) is 9.27. The molecule has 0 aromatic heterocycles. The van der Waals surface area contributed by atoms with E-state index in [-0.39, 0.29) is 5.75 Å². The number of aromatic hydroxyl groups is 1. The largest absolute Gasteiger partial charge is 0.507 e. The normalized spacial score (nSPS) is 10.6.